The van der Waals surface area contributed by atoms with Crippen LogP contribution in [0.4, 0.5) is 0 Å². The van der Waals surface area contributed by atoms with E-state index in [4.69, 9.17) is 4.74 Å². The molecule has 1 aromatic rings. The zero-order chi connectivity index (χ0) is 13.5. The first-order chi connectivity index (χ1) is 8.58. The monoisotopic (exact) mass is 253 g/mol. The molecule has 1 rings (SSSR count). The SMILES string of the molecule is CCC(O)CCNC(C)c1cc(OC)ccc1O. The Balaban J connectivity index is 2.57. The van der Waals surface area contributed by atoms with Gasteiger partial charge in [-0.25, -0.2) is 0 Å². The highest BCUT2D eigenvalue weighted by atomic mass is 16.5. The van der Waals surface area contributed by atoms with Crippen molar-refractivity contribution in [3.63, 3.8) is 0 Å². The molecular formula is C14H23NO3. The fourth-order valence-electron chi connectivity index (χ4n) is 1.79. The molecule has 1 aromatic carbocycles. The van der Waals surface area contributed by atoms with E-state index in [1.165, 1.54) is 0 Å². The minimum atomic E-state index is -0.261. The quantitative estimate of drug-likeness (QED) is 0.697. The van der Waals surface area contributed by atoms with E-state index in [0.717, 1.165) is 17.7 Å². The third-order valence-corrected chi connectivity index (χ3v) is 3.10. The Kier molecular flexibility index (Phi) is 5.95. The van der Waals surface area contributed by atoms with E-state index in [9.17, 15) is 10.2 Å². The molecule has 0 aliphatic heterocycles. The van der Waals surface area contributed by atoms with Crippen molar-refractivity contribution in [1.82, 2.24) is 5.32 Å². The third kappa shape index (κ3) is 4.20. The van der Waals surface area contributed by atoms with Crippen LogP contribution >= 0.6 is 0 Å². The molecule has 0 fully saturated rings. The second-order valence-electron chi connectivity index (χ2n) is 4.45. The van der Waals surface area contributed by atoms with Crippen LogP contribution < -0.4 is 10.1 Å². The van der Waals surface area contributed by atoms with E-state index < -0.39 is 0 Å². The van der Waals surface area contributed by atoms with Crippen molar-refractivity contribution in [3.05, 3.63) is 23.8 Å². The molecule has 2 atom stereocenters. The Morgan fingerprint density at radius 1 is 1.39 bits per heavy atom. The van der Waals surface area contributed by atoms with Crippen molar-refractivity contribution in [2.45, 2.75) is 38.8 Å². The van der Waals surface area contributed by atoms with Gasteiger partial charge in [-0.2, -0.15) is 0 Å². The van der Waals surface area contributed by atoms with Gasteiger partial charge in [-0.1, -0.05) is 6.92 Å². The molecule has 4 nitrogen and oxygen atoms in total. The van der Waals surface area contributed by atoms with E-state index in [0.29, 0.717) is 13.0 Å². The van der Waals surface area contributed by atoms with Crippen LogP contribution in [-0.2, 0) is 0 Å². The number of rotatable bonds is 7. The average molecular weight is 253 g/mol. The zero-order valence-electron chi connectivity index (χ0n) is 11.3. The van der Waals surface area contributed by atoms with Gasteiger partial charge in [0.2, 0.25) is 0 Å². The molecule has 0 aromatic heterocycles. The molecule has 4 heteroatoms. The lowest BCUT2D eigenvalue weighted by Crippen LogP contribution is -2.23. The second-order valence-corrected chi connectivity index (χ2v) is 4.45. The van der Waals surface area contributed by atoms with E-state index >= 15 is 0 Å². The van der Waals surface area contributed by atoms with Crippen LogP contribution in [-0.4, -0.2) is 30.0 Å². The average Bonchev–Trinajstić information content (AvgIpc) is 2.38. The normalized spacial score (nSPS) is 14.2. The molecule has 0 amide bonds. The number of hydrogen-bond donors (Lipinski definition) is 3. The third-order valence-electron chi connectivity index (χ3n) is 3.10. The van der Waals surface area contributed by atoms with Gasteiger partial charge >= 0.3 is 0 Å². The number of aromatic hydroxyl groups is 1. The van der Waals surface area contributed by atoms with Crippen LogP contribution in [0.25, 0.3) is 0 Å². The molecule has 0 saturated carbocycles. The van der Waals surface area contributed by atoms with Gasteiger partial charge in [-0.05, 0) is 44.5 Å². The Morgan fingerprint density at radius 3 is 2.72 bits per heavy atom. The summed E-state index contributed by atoms with van der Waals surface area (Å²) in [4.78, 5) is 0. The fraction of sp³-hybridized carbons (Fsp3) is 0.571. The molecule has 0 saturated heterocycles. The van der Waals surface area contributed by atoms with Gasteiger partial charge in [0.15, 0.2) is 0 Å². The largest absolute Gasteiger partial charge is 0.508 e. The number of ether oxygens (including phenoxy) is 1. The Labute approximate surface area is 109 Å². The summed E-state index contributed by atoms with van der Waals surface area (Å²) in [5.41, 5.74) is 0.806. The number of hydrogen-bond acceptors (Lipinski definition) is 4. The summed E-state index contributed by atoms with van der Waals surface area (Å²) in [6.45, 7) is 4.65. The molecule has 0 heterocycles. The Morgan fingerprint density at radius 2 is 2.11 bits per heavy atom. The number of methoxy groups -OCH3 is 1. The van der Waals surface area contributed by atoms with E-state index in [-0.39, 0.29) is 17.9 Å². The summed E-state index contributed by atoms with van der Waals surface area (Å²) in [5.74, 6) is 0.983. The van der Waals surface area contributed by atoms with Gasteiger partial charge in [0.1, 0.15) is 11.5 Å². The van der Waals surface area contributed by atoms with Crippen LogP contribution in [0.1, 0.15) is 38.3 Å². The van der Waals surface area contributed by atoms with Gasteiger partial charge in [0.25, 0.3) is 0 Å². The van der Waals surface area contributed by atoms with Crippen LogP contribution in [0.2, 0.25) is 0 Å². The number of aliphatic hydroxyl groups excluding tert-OH is 1. The number of nitrogens with one attached hydrogen (secondary N) is 1. The Bertz CT molecular complexity index is 368. The number of aliphatic hydroxyl groups is 1. The summed E-state index contributed by atoms with van der Waals surface area (Å²) >= 11 is 0. The molecule has 3 N–H and O–H groups in total. The second kappa shape index (κ2) is 7.24. The predicted octanol–water partition coefficient (Wildman–Crippen LogP) is 2.21. The van der Waals surface area contributed by atoms with E-state index in [1.807, 2.05) is 19.9 Å². The minimum Gasteiger partial charge on any atom is -0.508 e. The highest BCUT2D eigenvalue weighted by molar-refractivity contribution is 5.41. The standard InChI is InChI=1S/C14H23NO3/c1-4-11(16)7-8-15-10(2)13-9-12(18-3)5-6-14(13)17/h5-6,9-11,15-17H,4,7-8H2,1-3H3. The maximum absolute atomic E-state index is 9.81. The van der Waals surface area contributed by atoms with E-state index in [1.54, 1.807) is 19.2 Å². The van der Waals surface area contributed by atoms with Crippen LogP contribution in [0.15, 0.2) is 18.2 Å². The van der Waals surface area contributed by atoms with Gasteiger partial charge in [-0.3, -0.25) is 0 Å². The van der Waals surface area contributed by atoms with Crippen molar-refractivity contribution in [3.8, 4) is 11.5 Å². The predicted molar refractivity (Wildman–Crippen MR) is 72.0 cm³/mol. The first kappa shape index (κ1) is 14.8. The molecule has 0 bridgehead atoms. The molecule has 0 radical (unpaired) electrons. The zero-order valence-corrected chi connectivity index (χ0v) is 11.3. The molecule has 0 aliphatic carbocycles. The summed E-state index contributed by atoms with van der Waals surface area (Å²) in [6, 6.07) is 5.20. The van der Waals surface area contributed by atoms with Crippen LogP contribution in [0.5, 0.6) is 11.5 Å². The van der Waals surface area contributed by atoms with Crippen molar-refractivity contribution in [2.75, 3.05) is 13.7 Å². The maximum atomic E-state index is 9.81. The Hall–Kier alpha value is -1.26. The molecule has 2 unspecified atom stereocenters. The van der Waals surface area contributed by atoms with Crippen LogP contribution in [0.3, 0.4) is 0 Å². The molecule has 0 aliphatic rings. The highest BCUT2D eigenvalue weighted by Crippen LogP contribution is 2.28. The number of benzene rings is 1. The van der Waals surface area contributed by atoms with Gasteiger partial charge in [-0.15, -0.1) is 0 Å². The van der Waals surface area contributed by atoms with Crippen molar-refractivity contribution in [1.29, 1.82) is 0 Å². The number of phenolic OH excluding ortho intramolecular Hbond substituents is 1. The lowest BCUT2D eigenvalue weighted by molar-refractivity contribution is 0.158. The van der Waals surface area contributed by atoms with Crippen molar-refractivity contribution < 1.29 is 14.9 Å². The van der Waals surface area contributed by atoms with Crippen LogP contribution in [0, 0.1) is 0 Å². The summed E-state index contributed by atoms with van der Waals surface area (Å²) in [5, 5.41) is 22.6. The molecular weight excluding hydrogens is 230 g/mol. The van der Waals surface area contributed by atoms with Crippen molar-refractivity contribution >= 4 is 0 Å². The van der Waals surface area contributed by atoms with Gasteiger partial charge in [0.05, 0.1) is 13.2 Å². The smallest absolute Gasteiger partial charge is 0.120 e. The lowest BCUT2D eigenvalue weighted by atomic mass is 10.1. The molecule has 18 heavy (non-hydrogen) atoms. The van der Waals surface area contributed by atoms with Gasteiger partial charge < -0.3 is 20.3 Å². The summed E-state index contributed by atoms with van der Waals surface area (Å²) < 4.78 is 5.14. The first-order valence-electron chi connectivity index (χ1n) is 6.36. The van der Waals surface area contributed by atoms with Gasteiger partial charge in [0, 0.05) is 11.6 Å². The minimum absolute atomic E-state index is 0.0177. The molecule has 0 spiro atoms. The maximum Gasteiger partial charge on any atom is 0.120 e. The number of phenols is 1. The molecule has 102 valence electrons. The summed E-state index contributed by atoms with van der Waals surface area (Å²) in [7, 11) is 1.60. The van der Waals surface area contributed by atoms with Crippen molar-refractivity contribution in [2.24, 2.45) is 0 Å². The van der Waals surface area contributed by atoms with E-state index in [2.05, 4.69) is 5.32 Å². The summed E-state index contributed by atoms with van der Waals surface area (Å²) in [6.07, 6.45) is 1.22. The lowest BCUT2D eigenvalue weighted by Gasteiger charge is -2.17. The fourth-order valence-corrected chi connectivity index (χ4v) is 1.79. The topological polar surface area (TPSA) is 61.7 Å². The highest BCUT2D eigenvalue weighted by Gasteiger charge is 2.11. The first-order valence-corrected chi connectivity index (χ1v) is 6.36.